The molecule has 2 aromatic carbocycles. The summed E-state index contributed by atoms with van der Waals surface area (Å²) in [6, 6.07) is 9.77. The van der Waals surface area contributed by atoms with Crippen LogP contribution in [0.3, 0.4) is 0 Å². The number of nitro benzene ring substituents is 1. The van der Waals surface area contributed by atoms with Crippen LogP contribution in [-0.4, -0.2) is 41.0 Å². The number of nitro groups is 1. The number of imide groups is 1. The van der Waals surface area contributed by atoms with Gasteiger partial charge in [-0.3, -0.25) is 19.7 Å². The van der Waals surface area contributed by atoms with Crippen molar-refractivity contribution < 1.29 is 97.2 Å². The Labute approximate surface area is 252 Å². The number of non-ortho nitro benzene ring substituents is 1. The fraction of sp³-hybridized carbons (Fsp3) is 0.300. The summed E-state index contributed by atoms with van der Waals surface area (Å²) >= 11 is 0. The number of phosphoric ester groups is 1. The van der Waals surface area contributed by atoms with E-state index in [0.717, 1.165) is 4.90 Å². The maximum Gasteiger partial charge on any atom is 1.00 e. The fourth-order valence-electron chi connectivity index (χ4n) is 5.31. The van der Waals surface area contributed by atoms with Gasteiger partial charge in [-0.25, -0.2) is 9.91 Å². The molecule has 6 rings (SSSR count). The topological polar surface area (TPSA) is 190 Å². The predicted octanol–water partition coefficient (Wildman–Crippen LogP) is -5.68. The van der Waals surface area contributed by atoms with E-state index in [2.05, 4.69) is 14.9 Å². The summed E-state index contributed by atoms with van der Waals surface area (Å²) in [5.41, 5.74) is 0.659. The standard InChI is InChI=1S/C20H16N5O9P.2Na/c26-19-13-14(20(27)23(19)9-5-7-12(8-6-9)34-35(30,31)32)18-16-15(17(13)33-18)21-22-24(16)10-1-3-11(4-2-10)25(28)29;;/h1-8,13-18H,(H2,30,31,32);;/q;2*+1/p-2. The molecule has 37 heavy (non-hydrogen) atoms. The molecule has 17 heteroatoms. The quantitative estimate of drug-likeness (QED) is 0.115. The van der Waals surface area contributed by atoms with Crippen molar-refractivity contribution in [3.8, 4) is 5.75 Å². The van der Waals surface area contributed by atoms with Crippen molar-refractivity contribution in [3.05, 3.63) is 58.6 Å². The van der Waals surface area contributed by atoms with Gasteiger partial charge in [0.25, 0.3) is 5.69 Å². The smallest absolute Gasteiger partial charge is 0.780 e. The number of nitrogens with zero attached hydrogens (tertiary/aromatic N) is 5. The Kier molecular flexibility index (Phi) is 7.74. The third-order valence-corrected chi connectivity index (χ3v) is 7.08. The van der Waals surface area contributed by atoms with Crippen molar-refractivity contribution >= 4 is 36.7 Å². The van der Waals surface area contributed by atoms with Gasteiger partial charge in [0.1, 0.15) is 25.7 Å². The number of benzene rings is 2. The predicted molar refractivity (Wildman–Crippen MR) is 111 cm³/mol. The first kappa shape index (κ1) is 28.3. The van der Waals surface area contributed by atoms with E-state index >= 15 is 0 Å². The molecule has 0 saturated carbocycles. The second-order valence-electron chi connectivity index (χ2n) is 8.47. The molecule has 2 bridgehead atoms. The molecule has 2 aromatic rings. The van der Waals surface area contributed by atoms with Crippen LogP contribution in [0.25, 0.3) is 0 Å². The maximum absolute atomic E-state index is 13.3. The Hall–Kier alpha value is -1.71. The Balaban J connectivity index is 0.00000160. The minimum atomic E-state index is -5.25. The van der Waals surface area contributed by atoms with Gasteiger partial charge in [-0.05, 0) is 36.4 Å². The van der Waals surface area contributed by atoms with Crippen LogP contribution in [0.5, 0.6) is 5.75 Å². The van der Waals surface area contributed by atoms with E-state index in [0.29, 0.717) is 5.69 Å². The molecular weight excluding hydrogens is 531 g/mol. The number of fused-ring (bicyclic) bond motifs is 8. The Morgan fingerprint density at radius 2 is 1.49 bits per heavy atom. The van der Waals surface area contributed by atoms with Gasteiger partial charge in [-0.1, -0.05) is 5.22 Å². The van der Waals surface area contributed by atoms with Crippen LogP contribution in [0.2, 0.25) is 0 Å². The number of carbonyl (C=O) groups is 2. The van der Waals surface area contributed by atoms with Crippen LogP contribution < -0.4 is 83.3 Å². The first-order chi connectivity index (χ1) is 16.6. The minimum Gasteiger partial charge on any atom is -0.780 e. The Morgan fingerprint density at radius 1 is 0.919 bits per heavy atom. The molecule has 6 atom stereocenters. The van der Waals surface area contributed by atoms with Crippen LogP contribution in [0.1, 0.15) is 0 Å². The van der Waals surface area contributed by atoms with Crippen LogP contribution >= 0.6 is 7.82 Å². The first-order valence-electron chi connectivity index (χ1n) is 10.4. The fourth-order valence-corrected chi connectivity index (χ4v) is 5.69. The molecule has 14 nitrogen and oxygen atoms in total. The van der Waals surface area contributed by atoms with Crippen LogP contribution in [0.15, 0.2) is 58.9 Å². The average molecular weight is 545 g/mol. The van der Waals surface area contributed by atoms with E-state index in [1.165, 1.54) is 48.5 Å². The van der Waals surface area contributed by atoms with Gasteiger partial charge in [-0.15, -0.1) is 0 Å². The molecule has 4 aliphatic heterocycles. The van der Waals surface area contributed by atoms with Crippen molar-refractivity contribution in [2.45, 2.75) is 24.3 Å². The van der Waals surface area contributed by atoms with Gasteiger partial charge in [0.05, 0.1) is 40.3 Å². The zero-order valence-corrected chi connectivity index (χ0v) is 24.3. The molecule has 0 N–H and O–H groups in total. The Bertz CT molecular complexity index is 1340. The summed E-state index contributed by atoms with van der Waals surface area (Å²) in [6.45, 7) is 0. The summed E-state index contributed by atoms with van der Waals surface area (Å²) < 4.78 is 21.1. The number of phosphoric acid groups is 1. The second kappa shape index (κ2) is 10.1. The molecular formula is C20H14N5Na2O9P. The van der Waals surface area contributed by atoms with Crippen molar-refractivity contribution in [1.29, 1.82) is 0 Å². The number of anilines is 2. The number of carbonyl (C=O) groups excluding carboxylic acids is 2. The molecule has 3 saturated heterocycles. The second-order valence-corrected chi connectivity index (χ2v) is 9.54. The normalized spacial score (nSPS) is 29.0. The van der Waals surface area contributed by atoms with Crippen LogP contribution in [-0.2, 0) is 18.9 Å². The molecule has 0 radical (unpaired) electrons. The van der Waals surface area contributed by atoms with E-state index < -0.39 is 60.7 Å². The molecule has 4 aliphatic rings. The summed E-state index contributed by atoms with van der Waals surface area (Å²) in [6.07, 6.45) is -1.35. The first-order valence-corrected chi connectivity index (χ1v) is 11.9. The summed E-state index contributed by atoms with van der Waals surface area (Å²) in [7, 11) is -5.25. The third kappa shape index (κ3) is 4.59. The SMILES string of the molecule is O=C1C2C3OC(C2C(=O)N1c1ccc(OP(=O)([O-])[O-])cc1)C1C3N=NN1c1ccc([N+](=O)[O-])cc1.[Na+].[Na+]. The van der Waals surface area contributed by atoms with Gasteiger partial charge < -0.3 is 23.6 Å². The van der Waals surface area contributed by atoms with E-state index in [4.69, 9.17) is 4.74 Å². The van der Waals surface area contributed by atoms with Crippen LogP contribution in [0, 0.1) is 22.0 Å². The number of amides is 2. The van der Waals surface area contributed by atoms with Gasteiger partial charge in [0.2, 0.25) is 11.8 Å². The molecule has 4 heterocycles. The third-order valence-electron chi connectivity index (χ3n) is 6.64. The van der Waals surface area contributed by atoms with Crippen LogP contribution in [0.4, 0.5) is 17.1 Å². The van der Waals surface area contributed by atoms with Crippen molar-refractivity contribution in [2.24, 2.45) is 22.2 Å². The summed E-state index contributed by atoms with van der Waals surface area (Å²) in [4.78, 5) is 59.6. The molecule has 6 unspecified atom stereocenters. The van der Waals surface area contributed by atoms with Gasteiger partial charge in [-0.2, -0.15) is 5.11 Å². The molecule has 180 valence electrons. The van der Waals surface area contributed by atoms with Crippen molar-refractivity contribution in [1.82, 2.24) is 0 Å². The van der Waals surface area contributed by atoms with Gasteiger partial charge in [0.15, 0.2) is 0 Å². The molecule has 0 spiro atoms. The van der Waals surface area contributed by atoms with Crippen molar-refractivity contribution in [2.75, 3.05) is 9.91 Å². The molecule has 0 aromatic heterocycles. The van der Waals surface area contributed by atoms with E-state index in [-0.39, 0.29) is 76.2 Å². The zero-order chi connectivity index (χ0) is 24.6. The number of hydrogen-bond donors (Lipinski definition) is 0. The summed E-state index contributed by atoms with van der Waals surface area (Å²) in [5.74, 6) is -2.73. The largest absolute Gasteiger partial charge is 1.00 e. The van der Waals surface area contributed by atoms with Gasteiger partial charge in [0, 0.05) is 12.1 Å². The van der Waals surface area contributed by atoms with Gasteiger partial charge >= 0.3 is 59.1 Å². The van der Waals surface area contributed by atoms with Crippen molar-refractivity contribution in [3.63, 3.8) is 0 Å². The minimum absolute atomic E-state index is 0. The van der Waals surface area contributed by atoms with E-state index in [1.54, 1.807) is 5.01 Å². The number of ether oxygens (including phenoxy) is 1. The molecule has 0 aliphatic carbocycles. The molecule has 2 amide bonds. The monoisotopic (exact) mass is 545 g/mol. The Morgan fingerprint density at radius 3 is 2.05 bits per heavy atom. The number of rotatable bonds is 5. The average Bonchev–Trinajstić information content (AvgIpc) is 3.54. The van der Waals surface area contributed by atoms with E-state index in [9.17, 15) is 34.1 Å². The van der Waals surface area contributed by atoms with E-state index in [1.807, 2.05) is 0 Å². The number of hydrogen-bond acceptors (Lipinski definition) is 12. The zero-order valence-electron chi connectivity index (χ0n) is 19.4. The maximum atomic E-state index is 13.3. The molecule has 3 fully saturated rings. The summed E-state index contributed by atoms with van der Waals surface area (Å²) in [5, 5.41) is 21.0.